The molecule has 0 unspecified atom stereocenters. The molecule has 2 aromatic carbocycles. The van der Waals surface area contributed by atoms with Gasteiger partial charge in [0.15, 0.2) is 0 Å². The second-order valence-corrected chi connectivity index (χ2v) is 19.2. The number of nitrogens with one attached hydrogen (secondary N) is 7. The fraction of sp³-hybridized carbons (Fsp3) is 0.551. The number of amides is 9. The Bertz CT molecular complexity index is 2290. The lowest BCUT2D eigenvalue weighted by atomic mass is 9.81. The number of aliphatic hydroxyl groups excluding tert-OH is 1. The molecule has 11 atom stereocenters. The number of likely N-dealkylation sites (tertiary alicyclic amines) is 1. The van der Waals surface area contributed by atoms with Crippen LogP contribution < -0.4 is 43.0 Å². The molecule has 0 spiro atoms. The molecular formula is C49H66N10O12. The highest BCUT2D eigenvalue weighted by atomic mass is 16.4. The molecule has 0 aromatic heterocycles. The number of carboxylic acid groups (broad SMARTS) is 1. The SMILES string of the molecule is CC(C)[C@H](NC(=O)[C@H](CC(=O)O)NC(=O)[C@@H](NC(=O)[C@@H]1CCCN1)[C@@H](C)O)C(=O)NCC(=O)N1CCC[C@H]1C(=O)N[C@@H](Cc1ccccc1)C(=O)N[C@H]1C[C@H]2C[C@@H](c3ccccc3)C[C@@H](C(N)=O)N2C1=O. The molecule has 11 N–H and O–H groups in total. The van der Waals surface area contributed by atoms with Crippen LogP contribution in [0.3, 0.4) is 0 Å². The average Bonchev–Trinajstić information content (AvgIpc) is 4.13. The summed E-state index contributed by atoms with van der Waals surface area (Å²) in [6.07, 6.45) is 0.720. The maximum absolute atomic E-state index is 14.2. The molecular weight excluding hydrogens is 921 g/mol. The number of aliphatic hydroxyl groups is 1. The Hall–Kier alpha value is -6.94. The van der Waals surface area contributed by atoms with Crippen LogP contribution in [0.2, 0.25) is 0 Å². The van der Waals surface area contributed by atoms with Gasteiger partial charge in [0.05, 0.1) is 25.1 Å². The van der Waals surface area contributed by atoms with Crippen molar-refractivity contribution in [3.8, 4) is 0 Å². The van der Waals surface area contributed by atoms with E-state index >= 15 is 0 Å². The Labute approximate surface area is 411 Å². The zero-order chi connectivity index (χ0) is 51.5. The fourth-order valence-corrected chi connectivity index (χ4v) is 9.96. The molecule has 4 aliphatic rings. The molecule has 4 fully saturated rings. The Balaban J connectivity index is 1.07. The molecule has 71 heavy (non-hydrogen) atoms. The van der Waals surface area contributed by atoms with Gasteiger partial charge in [0, 0.05) is 19.0 Å². The standard InChI is InChI=1S/C49H66N10O12/c1-26(2)40(56-45(67)34(24-39(62)63)54-48(70)41(27(3)60)57-43(65)32-16-10-18-51-32)47(69)52-25-38(61)58-19-11-17-36(58)46(68)53-33(20-28-12-6-4-7-13-28)44(66)55-35-23-31-21-30(29-14-8-5-9-15-29)22-37(42(50)64)59(31)49(35)71/h4-9,12-15,26-27,30-37,40-41,51,60H,10-11,16-25H2,1-3H3,(H2,50,64)(H,52,69)(H,53,68)(H,54,70)(H,55,66)(H,56,67)(H,57,65)(H,62,63)/t27-,30-,31-,32+,33+,34+,35+,36+,37+,40+,41+/m1/s1. The summed E-state index contributed by atoms with van der Waals surface area (Å²) < 4.78 is 0. The molecule has 4 aliphatic heterocycles. The normalized spacial score (nSPS) is 23.8. The summed E-state index contributed by atoms with van der Waals surface area (Å²) in [5.41, 5.74) is 7.55. The minimum Gasteiger partial charge on any atom is -0.481 e. The third-order valence-electron chi connectivity index (χ3n) is 13.7. The maximum atomic E-state index is 14.2. The van der Waals surface area contributed by atoms with Gasteiger partial charge < -0.3 is 63.0 Å². The van der Waals surface area contributed by atoms with Gasteiger partial charge in [-0.15, -0.1) is 0 Å². The van der Waals surface area contributed by atoms with E-state index in [1.165, 1.54) is 16.7 Å². The number of carbonyl (C=O) groups excluding carboxylic acids is 9. The number of hydrogen-bond acceptors (Lipinski definition) is 12. The van der Waals surface area contributed by atoms with Crippen LogP contribution in [-0.4, -0.2) is 159 Å². The molecule has 0 bridgehead atoms. The Morgan fingerprint density at radius 2 is 1.44 bits per heavy atom. The summed E-state index contributed by atoms with van der Waals surface area (Å²) in [6, 6.07) is 8.89. The van der Waals surface area contributed by atoms with Crippen LogP contribution in [0.1, 0.15) is 89.2 Å². The number of primary amides is 1. The second-order valence-electron chi connectivity index (χ2n) is 19.2. The van der Waals surface area contributed by atoms with Crippen LogP contribution in [-0.2, 0) is 54.4 Å². The summed E-state index contributed by atoms with van der Waals surface area (Å²) in [5, 5.41) is 38.2. The highest BCUT2D eigenvalue weighted by Gasteiger charge is 2.50. The summed E-state index contributed by atoms with van der Waals surface area (Å²) in [6.45, 7) is 4.55. The maximum Gasteiger partial charge on any atom is 0.305 e. The molecule has 0 radical (unpaired) electrons. The van der Waals surface area contributed by atoms with Crippen LogP contribution in [0.4, 0.5) is 0 Å². The number of carbonyl (C=O) groups is 10. The average molecular weight is 987 g/mol. The predicted molar refractivity (Wildman–Crippen MR) is 254 cm³/mol. The number of aliphatic carboxylic acids is 1. The van der Waals surface area contributed by atoms with Crippen molar-refractivity contribution >= 4 is 59.1 Å². The van der Waals surface area contributed by atoms with Gasteiger partial charge in [0.25, 0.3) is 0 Å². The number of fused-ring (bicyclic) bond motifs is 1. The molecule has 4 heterocycles. The molecule has 0 aliphatic carbocycles. The van der Waals surface area contributed by atoms with Crippen LogP contribution in [0.5, 0.6) is 0 Å². The zero-order valence-electron chi connectivity index (χ0n) is 40.1. The predicted octanol–water partition coefficient (Wildman–Crippen LogP) is -1.94. The number of nitrogens with zero attached hydrogens (tertiary/aromatic N) is 2. The van der Waals surface area contributed by atoms with Gasteiger partial charge in [0.2, 0.25) is 53.2 Å². The van der Waals surface area contributed by atoms with Crippen molar-refractivity contribution in [2.45, 2.75) is 145 Å². The van der Waals surface area contributed by atoms with Crippen molar-refractivity contribution in [1.82, 2.24) is 47.0 Å². The van der Waals surface area contributed by atoms with Crippen LogP contribution >= 0.6 is 0 Å². The van der Waals surface area contributed by atoms with Gasteiger partial charge in [-0.2, -0.15) is 0 Å². The number of rotatable bonds is 21. The van der Waals surface area contributed by atoms with Gasteiger partial charge in [-0.1, -0.05) is 74.5 Å². The minimum atomic E-state index is -1.74. The van der Waals surface area contributed by atoms with Crippen LogP contribution in [0.15, 0.2) is 60.7 Å². The van der Waals surface area contributed by atoms with E-state index in [2.05, 4.69) is 37.2 Å². The van der Waals surface area contributed by atoms with E-state index in [0.717, 1.165) is 12.0 Å². The number of benzene rings is 2. The quantitative estimate of drug-likeness (QED) is 0.0652. The lowest BCUT2D eigenvalue weighted by Crippen LogP contribution is -2.61. The molecule has 6 rings (SSSR count). The molecule has 22 heteroatoms. The minimum absolute atomic E-state index is 0.0348. The van der Waals surface area contributed by atoms with E-state index in [0.29, 0.717) is 37.8 Å². The first kappa shape index (κ1) is 53.4. The number of nitrogens with two attached hydrogens (primary N) is 1. The second kappa shape index (κ2) is 24.3. The topological polar surface area (TPSA) is 328 Å². The van der Waals surface area contributed by atoms with Crippen molar-refractivity contribution in [2.24, 2.45) is 11.7 Å². The lowest BCUT2D eigenvalue weighted by molar-refractivity contribution is -0.142. The Morgan fingerprint density at radius 1 is 0.746 bits per heavy atom. The molecule has 384 valence electrons. The van der Waals surface area contributed by atoms with E-state index in [9.17, 15) is 58.2 Å². The molecule has 9 amide bonds. The Morgan fingerprint density at radius 3 is 2.06 bits per heavy atom. The van der Waals surface area contributed by atoms with Crippen molar-refractivity contribution in [3.05, 3.63) is 71.8 Å². The molecule has 2 aromatic rings. The summed E-state index contributed by atoms with van der Waals surface area (Å²) in [7, 11) is 0. The van der Waals surface area contributed by atoms with E-state index in [1.54, 1.807) is 44.2 Å². The zero-order valence-corrected chi connectivity index (χ0v) is 40.1. The highest BCUT2D eigenvalue weighted by molar-refractivity contribution is 5.99. The smallest absolute Gasteiger partial charge is 0.305 e. The van der Waals surface area contributed by atoms with E-state index in [1.807, 2.05) is 30.3 Å². The fourth-order valence-electron chi connectivity index (χ4n) is 9.96. The van der Waals surface area contributed by atoms with Crippen molar-refractivity contribution in [2.75, 3.05) is 19.6 Å². The monoisotopic (exact) mass is 986 g/mol. The van der Waals surface area contributed by atoms with Crippen LogP contribution in [0.25, 0.3) is 0 Å². The van der Waals surface area contributed by atoms with Gasteiger partial charge in [-0.05, 0) is 81.4 Å². The van der Waals surface area contributed by atoms with Crippen molar-refractivity contribution in [3.63, 3.8) is 0 Å². The summed E-state index contributed by atoms with van der Waals surface area (Å²) in [4.78, 5) is 136. The van der Waals surface area contributed by atoms with Gasteiger partial charge in [0.1, 0.15) is 42.3 Å². The largest absolute Gasteiger partial charge is 0.481 e. The number of carboxylic acids is 1. The Kier molecular flexibility index (Phi) is 18.2. The first-order chi connectivity index (χ1) is 33.8. The van der Waals surface area contributed by atoms with E-state index in [4.69, 9.17) is 5.73 Å². The first-order valence-corrected chi connectivity index (χ1v) is 24.3. The van der Waals surface area contributed by atoms with Gasteiger partial charge in [-0.25, -0.2) is 0 Å². The molecule has 22 nitrogen and oxygen atoms in total. The summed E-state index contributed by atoms with van der Waals surface area (Å²) in [5.74, 6) is -8.59. The van der Waals surface area contributed by atoms with Gasteiger partial charge >= 0.3 is 5.97 Å². The van der Waals surface area contributed by atoms with Gasteiger partial charge in [-0.3, -0.25) is 47.9 Å². The van der Waals surface area contributed by atoms with Crippen molar-refractivity contribution < 1.29 is 58.2 Å². The van der Waals surface area contributed by atoms with Crippen LogP contribution in [0, 0.1) is 5.92 Å². The van der Waals surface area contributed by atoms with Crippen molar-refractivity contribution in [1.29, 1.82) is 0 Å². The number of piperidine rings is 1. The van der Waals surface area contributed by atoms with E-state index < -0.39 is 132 Å². The third-order valence-corrected chi connectivity index (χ3v) is 13.7. The number of hydrogen-bond donors (Lipinski definition) is 10. The van der Waals surface area contributed by atoms with E-state index in [-0.39, 0.29) is 37.8 Å². The summed E-state index contributed by atoms with van der Waals surface area (Å²) >= 11 is 0. The molecule has 4 saturated heterocycles. The highest BCUT2D eigenvalue weighted by Crippen LogP contribution is 2.40. The molecule has 0 saturated carbocycles. The first-order valence-electron chi connectivity index (χ1n) is 24.3. The third kappa shape index (κ3) is 13.7. The lowest BCUT2D eigenvalue weighted by Gasteiger charge is -2.40.